The van der Waals surface area contributed by atoms with E-state index in [1.165, 1.54) is 18.7 Å². The second-order valence-corrected chi connectivity index (χ2v) is 7.69. The maximum Gasteiger partial charge on any atom is 0.355 e. The third-order valence-corrected chi connectivity index (χ3v) is 3.46. The Bertz CT molecular complexity index is 324. The first-order valence-corrected chi connectivity index (χ1v) is 8.07. The molecule has 0 spiro atoms. The van der Waals surface area contributed by atoms with Crippen LogP contribution in [-0.4, -0.2) is 25.9 Å². The Morgan fingerprint density at radius 1 is 1.44 bits per heavy atom. The van der Waals surface area contributed by atoms with Gasteiger partial charge in [-0.3, -0.25) is 8.98 Å². The average molecular weight is 289 g/mol. The van der Waals surface area contributed by atoms with Crippen LogP contribution in [0.4, 0.5) is 0 Å². The molecule has 0 fully saturated rings. The van der Waals surface area contributed by atoms with Gasteiger partial charge in [-0.25, -0.2) is 0 Å². The number of hydrogen-bond acceptors (Lipinski definition) is 5. The summed E-state index contributed by atoms with van der Waals surface area (Å²) >= 11 is 1.27. The van der Waals surface area contributed by atoms with E-state index in [1.807, 2.05) is 13.8 Å². The van der Waals surface area contributed by atoms with Crippen molar-refractivity contribution in [2.24, 2.45) is 5.41 Å². The van der Waals surface area contributed by atoms with Crippen LogP contribution in [0.3, 0.4) is 0 Å². The summed E-state index contributed by atoms with van der Waals surface area (Å²) in [5.74, 6) is 0.742. The Kier molecular flexibility index (Phi) is 6.93. The van der Waals surface area contributed by atoms with Gasteiger partial charge in [0.1, 0.15) is 0 Å². The van der Waals surface area contributed by atoms with Gasteiger partial charge in [-0.15, -0.1) is 0 Å². The van der Waals surface area contributed by atoms with E-state index in [1.54, 1.807) is 0 Å². The molecule has 0 aromatic rings. The summed E-state index contributed by atoms with van der Waals surface area (Å²) in [6.07, 6.45) is 1.61. The fourth-order valence-corrected chi connectivity index (χ4v) is 2.24. The van der Waals surface area contributed by atoms with Crippen LogP contribution >= 0.6 is 22.4 Å². The quantitative estimate of drug-likeness (QED) is 0.532. The second-order valence-electron chi connectivity index (χ2n) is 4.26. The highest BCUT2D eigenvalue weighted by Gasteiger charge is 2.21. The number of carbonyl (C=O) groups is 1. The minimum atomic E-state index is -3.89. The van der Waals surface area contributed by atoms with Gasteiger partial charge in [-0.05, 0) is 18.3 Å². The van der Waals surface area contributed by atoms with Gasteiger partial charge < -0.3 is 0 Å². The summed E-state index contributed by atoms with van der Waals surface area (Å²) in [4.78, 5) is 10.7. The van der Waals surface area contributed by atoms with E-state index in [2.05, 4.69) is 4.18 Å². The smallest absolute Gasteiger partial charge is 0.288 e. The minimum absolute atomic E-state index is 0.0591. The number of carbonyl (C=O) groups excluding carboxylic acids is 1. The zero-order valence-electron chi connectivity index (χ0n) is 9.66. The van der Waals surface area contributed by atoms with E-state index in [9.17, 15) is 13.2 Å². The van der Waals surface area contributed by atoms with Crippen molar-refractivity contribution in [1.82, 2.24) is 0 Å². The van der Waals surface area contributed by atoms with E-state index in [-0.39, 0.29) is 17.1 Å². The molecule has 0 saturated carbocycles. The van der Waals surface area contributed by atoms with Gasteiger partial charge in [0, 0.05) is 23.4 Å². The molecule has 0 heterocycles. The van der Waals surface area contributed by atoms with Crippen molar-refractivity contribution in [3.8, 4) is 0 Å². The van der Waals surface area contributed by atoms with Crippen molar-refractivity contribution in [3.63, 3.8) is 0 Å². The molecule has 0 aliphatic heterocycles. The molecular weight excluding hydrogens is 272 g/mol. The normalized spacial score (nSPS) is 12.8. The van der Waals surface area contributed by atoms with Crippen LogP contribution in [-0.2, 0) is 18.3 Å². The van der Waals surface area contributed by atoms with E-state index >= 15 is 0 Å². The van der Waals surface area contributed by atoms with Gasteiger partial charge in [0.2, 0.25) is 0 Å². The third kappa shape index (κ3) is 10.7. The fourth-order valence-electron chi connectivity index (χ4n) is 1.07. The van der Waals surface area contributed by atoms with Crippen molar-refractivity contribution >= 4 is 36.9 Å². The highest BCUT2D eigenvalue weighted by atomic mass is 35.7. The molecule has 0 unspecified atom stereocenters. The lowest BCUT2D eigenvalue weighted by molar-refractivity contribution is -0.109. The Hall–Kier alpha value is 0.220. The molecule has 0 aliphatic carbocycles. The summed E-state index contributed by atoms with van der Waals surface area (Å²) in [5.41, 5.74) is -0.265. The van der Waals surface area contributed by atoms with E-state index in [4.69, 9.17) is 10.7 Å². The van der Waals surface area contributed by atoms with Crippen LogP contribution in [0.15, 0.2) is 0 Å². The first-order chi connectivity index (χ1) is 7.12. The monoisotopic (exact) mass is 288 g/mol. The van der Waals surface area contributed by atoms with Gasteiger partial charge in [0.25, 0.3) is 0 Å². The van der Waals surface area contributed by atoms with Crippen molar-refractivity contribution in [2.75, 3.05) is 12.4 Å². The maximum atomic E-state index is 10.7. The topological polar surface area (TPSA) is 60.4 Å². The lowest BCUT2D eigenvalue weighted by Gasteiger charge is -2.22. The fraction of sp³-hybridized carbons (Fsp3) is 0.889. The van der Waals surface area contributed by atoms with Crippen molar-refractivity contribution in [3.05, 3.63) is 0 Å². The molecule has 0 bridgehead atoms. The highest BCUT2D eigenvalue weighted by Crippen LogP contribution is 2.25. The Labute approximate surface area is 106 Å². The molecule has 0 rings (SSSR count). The summed E-state index contributed by atoms with van der Waals surface area (Å²) in [5, 5.41) is 0.0948. The van der Waals surface area contributed by atoms with Gasteiger partial charge in [-0.1, -0.05) is 25.6 Å². The van der Waals surface area contributed by atoms with E-state index in [0.717, 1.165) is 18.6 Å². The van der Waals surface area contributed by atoms with Crippen LogP contribution in [0.2, 0.25) is 0 Å². The summed E-state index contributed by atoms with van der Waals surface area (Å²) in [6, 6.07) is 0. The standard InChI is InChI=1S/C9H17ClO4S2/c1-8(11)15-6-4-5-9(2,3)7-14-16(10,12)13/h4-7H2,1-3H3. The summed E-state index contributed by atoms with van der Waals surface area (Å²) in [6.45, 7) is 5.38. The molecular formula is C9H17ClO4S2. The molecule has 0 radical (unpaired) electrons. The van der Waals surface area contributed by atoms with Crippen LogP contribution < -0.4 is 0 Å². The predicted molar refractivity (Wildman–Crippen MR) is 66.9 cm³/mol. The SMILES string of the molecule is CC(=O)SCCCC(C)(C)COS(=O)(=O)Cl. The number of thioether (sulfide) groups is 1. The molecule has 0 aromatic heterocycles. The number of halogens is 1. The molecule has 96 valence electrons. The Morgan fingerprint density at radius 2 is 2.00 bits per heavy atom. The largest absolute Gasteiger partial charge is 0.355 e. The zero-order chi connectivity index (χ0) is 12.8. The molecule has 0 N–H and O–H groups in total. The zero-order valence-corrected chi connectivity index (χ0v) is 12.0. The third-order valence-electron chi connectivity index (χ3n) is 1.89. The first-order valence-electron chi connectivity index (χ1n) is 4.85. The molecule has 0 atom stereocenters. The van der Waals surface area contributed by atoms with Crippen LogP contribution in [0.5, 0.6) is 0 Å². The molecule has 7 heteroatoms. The molecule has 0 amide bonds. The van der Waals surface area contributed by atoms with Gasteiger partial charge in [-0.2, -0.15) is 8.42 Å². The maximum absolute atomic E-state index is 10.7. The second kappa shape index (κ2) is 6.83. The van der Waals surface area contributed by atoms with Crippen LogP contribution in [0.25, 0.3) is 0 Å². The lowest BCUT2D eigenvalue weighted by Crippen LogP contribution is -2.20. The summed E-state index contributed by atoms with van der Waals surface area (Å²) in [7, 11) is 1.05. The van der Waals surface area contributed by atoms with Crippen molar-refractivity contribution in [1.29, 1.82) is 0 Å². The molecule has 4 nitrogen and oxygen atoms in total. The average Bonchev–Trinajstić information content (AvgIpc) is 2.08. The molecule has 16 heavy (non-hydrogen) atoms. The highest BCUT2D eigenvalue weighted by molar-refractivity contribution is 8.13. The Morgan fingerprint density at radius 3 is 2.44 bits per heavy atom. The number of hydrogen-bond donors (Lipinski definition) is 0. The van der Waals surface area contributed by atoms with Gasteiger partial charge in [0.15, 0.2) is 5.12 Å². The van der Waals surface area contributed by atoms with Crippen LogP contribution in [0.1, 0.15) is 33.6 Å². The Balaban J connectivity index is 3.83. The van der Waals surface area contributed by atoms with Crippen LogP contribution in [0, 0.1) is 5.41 Å². The molecule has 0 saturated heterocycles. The minimum Gasteiger partial charge on any atom is -0.288 e. The van der Waals surface area contributed by atoms with Gasteiger partial charge in [0.05, 0.1) is 6.61 Å². The van der Waals surface area contributed by atoms with Crippen molar-refractivity contribution < 1.29 is 17.4 Å². The first kappa shape index (κ1) is 16.2. The summed E-state index contributed by atoms with van der Waals surface area (Å²) < 4.78 is 25.7. The van der Waals surface area contributed by atoms with Gasteiger partial charge >= 0.3 is 9.33 Å². The predicted octanol–water partition coefficient (Wildman–Crippen LogP) is 2.57. The number of rotatable bonds is 7. The lowest BCUT2D eigenvalue weighted by atomic mass is 9.89. The van der Waals surface area contributed by atoms with E-state index < -0.39 is 9.33 Å². The van der Waals surface area contributed by atoms with E-state index in [0.29, 0.717) is 0 Å². The molecule has 0 aliphatic rings. The molecule has 0 aromatic carbocycles. The van der Waals surface area contributed by atoms with Crippen molar-refractivity contribution in [2.45, 2.75) is 33.6 Å².